The molecule has 0 amide bonds. The van der Waals surface area contributed by atoms with Crippen molar-refractivity contribution in [1.29, 1.82) is 0 Å². The van der Waals surface area contributed by atoms with Gasteiger partial charge < -0.3 is 5.11 Å². The van der Waals surface area contributed by atoms with Gasteiger partial charge in [-0.3, -0.25) is 0 Å². The Labute approximate surface area is 103 Å². The highest BCUT2D eigenvalue weighted by molar-refractivity contribution is 6.32. The van der Waals surface area contributed by atoms with E-state index in [4.69, 9.17) is 16.7 Å². The van der Waals surface area contributed by atoms with Gasteiger partial charge in [0.05, 0.1) is 10.7 Å². The first kappa shape index (κ1) is 11.6. The molecule has 0 aliphatic heterocycles. The Balaban J connectivity index is 2.56. The Morgan fingerprint density at radius 3 is 2.65 bits per heavy atom. The van der Waals surface area contributed by atoms with Gasteiger partial charge in [-0.2, -0.15) is 0 Å². The van der Waals surface area contributed by atoms with Crippen molar-refractivity contribution in [2.75, 3.05) is 0 Å². The highest BCUT2D eigenvalue weighted by Gasteiger charge is 2.15. The molecule has 1 aromatic carbocycles. The molecule has 0 unspecified atom stereocenters. The van der Waals surface area contributed by atoms with Gasteiger partial charge in [0, 0.05) is 0 Å². The Bertz CT molecular complexity index is 592. The van der Waals surface area contributed by atoms with Crippen LogP contribution in [0, 0.1) is 13.8 Å². The van der Waals surface area contributed by atoms with Gasteiger partial charge in [-0.05, 0) is 31.5 Å². The van der Waals surface area contributed by atoms with Crippen molar-refractivity contribution < 1.29 is 9.90 Å². The molecule has 88 valence electrons. The number of aryl methyl sites for hydroxylation is 2. The van der Waals surface area contributed by atoms with Gasteiger partial charge in [0.2, 0.25) is 0 Å². The van der Waals surface area contributed by atoms with Crippen LogP contribution in [-0.2, 0) is 0 Å². The maximum atomic E-state index is 10.8. The number of aromatic carboxylic acids is 1. The summed E-state index contributed by atoms with van der Waals surface area (Å²) in [6, 6.07) is 5.45. The second kappa shape index (κ2) is 4.18. The third-order valence-electron chi connectivity index (χ3n) is 2.29. The highest BCUT2D eigenvalue weighted by atomic mass is 35.5. The molecule has 2 aromatic rings. The van der Waals surface area contributed by atoms with Crippen LogP contribution in [0.25, 0.3) is 5.69 Å². The fourth-order valence-corrected chi connectivity index (χ4v) is 1.81. The molecule has 5 nitrogen and oxygen atoms in total. The molecule has 0 aliphatic carbocycles. The SMILES string of the molecule is Cc1ccc(-n2nc(C(=O)O)nc2C)c(Cl)c1. The smallest absolute Gasteiger partial charge is 0.375 e. The van der Waals surface area contributed by atoms with Gasteiger partial charge in [-0.1, -0.05) is 17.7 Å². The lowest BCUT2D eigenvalue weighted by molar-refractivity contribution is 0.0683. The van der Waals surface area contributed by atoms with Crippen molar-refractivity contribution in [3.05, 3.63) is 40.4 Å². The Kier molecular flexibility index (Phi) is 2.85. The van der Waals surface area contributed by atoms with E-state index in [1.807, 2.05) is 13.0 Å². The molecule has 0 bridgehead atoms. The van der Waals surface area contributed by atoms with Crippen molar-refractivity contribution in [2.24, 2.45) is 0 Å². The second-order valence-electron chi connectivity index (χ2n) is 3.65. The van der Waals surface area contributed by atoms with Crippen LogP contribution in [0.1, 0.15) is 22.0 Å². The topological polar surface area (TPSA) is 68.0 Å². The van der Waals surface area contributed by atoms with E-state index in [1.54, 1.807) is 19.1 Å². The molecule has 6 heteroatoms. The van der Waals surface area contributed by atoms with Crippen LogP contribution in [0.15, 0.2) is 18.2 Å². The van der Waals surface area contributed by atoms with E-state index in [0.717, 1.165) is 5.56 Å². The molecular weight excluding hydrogens is 242 g/mol. The van der Waals surface area contributed by atoms with Gasteiger partial charge in [-0.25, -0.2) is 14.5 Å². The average Bonchev–Trinajstić information content (AvgIpc) is 2.61. The fraction of sp³-hybridized carbons (Fsp3) is 0.182. The molecule has 1 heterocycles. The summed E-state index contributed by atoms with van der Waals surface area (Å²) in [5.74, 6) is -0.914. The second-order valence-corrected chi connectivity index (χ2v) is 4.06. The first-order valence-corrected chi connectivity index (χ1v) is 5.30. The summed E-state index contributed by atoms with van der Waals surface area (Å²) in [7, 11) is 0. The molecule has 0 saturated heterocycles. The van der Waals surface area contributed by atoms with Crippen LogP contribution in [-0.4, -0.2) is 25.8 Å². The molecule has 0 radical (unpaired) electrons. The van der Waals surface area contributed by atoms with Crippen LogP contribution >= 0.6 is 11.6 Å². The minimum Gasteiger partial charge on any atom is -0.475 e. The summed E-state index contributed by atoms with van der Waals surface area (Å²) in [6.07, 6.45) is 0. The number of rotatable bonds is 2. The normalized spacial score (nSPS) is 10.5. The molecular formula is C11H10ClN3O2. The van der Waals surface area contributed by atoms with Crippen molar-refractivity contribution >= 4 is 17.6 Å². The number of hydrogen-bond donors (Lipinski definition) is 1. The lowest BCUT2D eigenvalue weighted by Gasteiger charge is -2.05. The zero-order chi connectivity index (χ0) is 12.6. The first-order chi connectivity index (χ1) is 7.99. The molecule has 0 fully saturated rings. The third-order valence-corrected chi connectivity index (χ3v) is 2.59. The number of carboxylic acids is 1. The number of carbonyl (C=O) groups is 1. The largest absolute Gasteiger partial charge is 0.475 e. The number of carboxylic acid groups (broad SMARTS) is 1. The van der Waals surface area contributed by atoms with Gasteiger partial charge >= 0.3 is 5.97 Å². The Morgan fingerprint density at radius 2 is 2.12 bits per heavy atom. The molecule has 0 spiro atoms. The summed E-state index contributed by atoms with van der Waals surface area (Å²) in [5, 5.41) is 13.2. The molecule has 2 rings (SSSR count). The van der Waals surface area contributed by atoms with Crippen molar-refractivity contribution in [1.82, 2.24) is 14.8 Å². The first-order valence-electron chi connectivity index (χ1n) is 4.92. The van der Waals surface area contributed by atoms with Gasteiger partial charge in [0.25, 0.3) is 5.82 Å². The summed E-state index contributed by atoms with van der Waals surface area (Å²) < 4.78 is 1.42. The van der Waals surface area contributed by atoms with E-state index in [9.17, 15) is 4.79 Å². The lowest BCUT2D eigenvalue weighted by atomic mass is 10.2. The van der Waals surface area contributed by atoms with Crippen LogP contribution < -0.4 is 0 Å². The van der Waals surface area contributed by atoms with Crippen LogP contribution in [0.2, 0.25) is 5.02 Å². The van der Waals surface area contributed by atoms with Gasteiger partial charge in [0.1, 0.15) is 5.82 Å². The minimum atomic E-state index is -1.16. The van der Waals surface area contributed by atoms with Gasteiger partial charge in [0.15, 0.2) is 0 Å². The number of hydrogen-bond acceptors (Lipinski definition) is 3. The highest BCUT2D eigenvalue weighted by Crippen LogP contribution is 2.22. The third kappa shape index (κ3) is 2.14. The van der Waals surface area contributed by atoms with Crippen LogP contribution in [0.4, 0.5) is 0 Å². The summed E-state index contributed by atoms with van der Waals surface area (Å²) >= 11 is 6.09. The van der Waals surface area contributed by atoms with E-state index in [1.165, 1.54) is 4.68 Å². The van der Waals surface area contributed by atoms with E-state index < -0.39 is 5.97 Å². The molecule has 0 saturated carbocycles. The zero-order valence-electron chi connectivity index (χ0n) is 9.31. The van der Waals surface area contributed by atoms with E-state index in [2.05, 4.69) is 10.1 Å². The monoisotopic (exact) mass is 251 g/mol. The summed E-state index contributed by atoms with van der Waals surface area (Å²) in [6.45, 7) is 3.60. The maximum Gasteiger partial charge on any atom is 0.375 e. The average molecular weight is 252 g/mol. The van der Waals surface area contributed by atoms with Gasteiger partial charge in [-0.15, -0.1) is 5.10 Å². The van der Waals surface area contributed by atoms with Crippen molar-refractivity contribution in [3.8, 4) is 5.69 Å². The van der Waals surface area contributed by atoms with Crippen molar-refractivity contribution in [3.63, 3.8) is 0 Å². The Hall–Kier alpha value is -1.88. The predicted molar refractivity (Wildman–Crippen MR) is 62.8 cm³/mol. The Morgan fingerprint density at radius 1 is 1.41 bits per heavy atom. The van der Waals surface area contributed by atoms with E-state index in [0.29, 0.717) is 16.5 Å². The standard InChI is InChI=1S/C11H10ClN3O2/c1-6-3-4-9(8(12)5-6)15-7(2)13-10(14-15)11(16)17/h3-5H,1-2H3,(H,16,17). The minimum absolute atomic E-state index is 0.237. The maximum absolute atomic E-state index is 10.8. The molecule has 1 aromatic heterocycles. The van der Waals surface area contributed by atoms with E-state index in [-0.39, 0.29) is 5.82 Å². The molecule has 1 N–H and O–H groups in total. The van der Waals surface area contributed by atoms with Crippen molar-refractivity contribution in [2.45, 2.75) is 13.8 Å². The molecule has 0 atom stereocenters. The fourth-order valence-electron chi connectivity index (χ4n) is 1.49. The summed E-state index contributed by atoms with van der Waals surface area (Å²) in [4.78, 5) is 14.6. The predicted octanol–water partition coefficient (Wildman–Crippen LogP) is 2.24. The van der Waals surface area contributed by atoms with Crippen LogP contribution in [0.5, 0.6) is 0 Å². The lowest BCUT2D eigenvalue weighted by Crippen LogP contribution is -2.03. The molecule has 0 aliphatic rings. The number of aromatic nitrogens is 3. The zero-order valence-corrected chi connectivity index (χ0v) is 10.1. The van der Waals surface area contributed by atoms with E-state index >= 15 is 0 Å². The quantitative estimate of drug-likeness (QED) is 0.889. The van der Waals surface area contributed by atoms with Crippen LogP contribution in [0.3, 0.4) is 0 Å². The molecule has 17 heavy (non-hydrogen) atoms. The number of benzene rings is 1. The number of halogens is 1. The number of nitrogens with zero attached hydrogens (tertiary/aromatic N) is 3. The summed E-state index contributed by atoms with van der Waals surface area (Å²) in [5.41, 5.74) is 1.64.